The first-order chi connectivity index (χ1) is 20.6. The van der Waals surface area contributed by atoms with Crippen molar-refractivity contribution in [1.29, 1.82) is 0 Å². The molecule has 0 unspecified atom stereocenters. The van der Waals surface area contributed by atoms with Gasteiger partial charge in [0.1, 0.15) is 21.2 Å². The molecule has 0 N–H and O–H groups in total. The maximum atomic E-state index is 15.8. The highest BCUT2D eigenvalue weighted by Crippen LogP contribution is 2.44. The van der Waals surface area contributed by atoms with Crippen molar-refractivity contribution in [3.8, 4) is 0 Å². The Bertz CT molecular complexity index is 1620. The number of hydrogen-bond donors (Lipinski definition) is 0. The number of hydrogen-bond acceptors (Lipinski definition) is 3. The fourth-order valence-electron chi connectivity index (χ4n) is 7.20. The molecule has 4 aliphatic rings. The van der Waals surface area contributed by atoms with Crippen molar-refractivity contribution in [2.75, 3.05) is 31.1 Å². The van der Waals surface area contributed by atoms with Gasteiger partial charge in [0, 0.05) is 54.9 Å². The largest absolute Gasteiger partial charge is 0.545 e. The molecule has 0 spiro atoms. The molecule has 0 bridgehead atoms. The quantitative estimate of drug-likeness (QED) is 0.146. The number of benzene rings is 2. The maximum Gasteiger partial charge on any atom is 0.199 e. The number of fused-ring (bicyclic) bond motifs is 2. The Morgan fingerprint density at radius 2 is 1.47 bits per heavy atom. The summed E-state index contributed by atoms with van der Waals surface area (Å²) in [6, 6.07) is 5.82. The summed E-state index contributed by atoms with van der Waals surface area (Å²) in [6.45, 7) is 8.02. The number of aromatic carboxylic acids is 1. The topological polar surface area (TPSA) is 46.4 Å². The molecular formula is C34H36F4N2O2Si. The molecule has 9 heteroatoms. The van der Waals surface area contributed by atoms with Gasteiger partial charge in [-0.2, -0.15) is 0 Å². The van der Waals surface area contributed by atoms with Crippen molar-refractivity contribution in [3.05, 3.63) is 87.2 Å². The monoisotopic (exact) mass is 608 g/mol. The van der Waals surface area contributed by atoms with Crippen LogP contribution in [0.5, 0.6) is 0 Å². The number of carboxylic acids is 1. The molecule has 0 atom stereocenters. The zero-order valence-electron chi connectivity index (χ0n) is 24.7. The van der Waals surface area contributed by atoms with Gasteiger partial charge in [0.2, 0.25) is 0 Å². The Labute approximate surface area is 250 Å². The first-order valence-electron chi connectivity index (χ1n) is 15.4. The molecule has 0 radical (unpaired) electrons. The molecule has 2 aromatic rings. The second-order valence-corrected chi connectivity index (χ2v) is 16.9. The number of nitrogens with zero attached hydrogens (tertiary/aromatic N) is 2. The third-order valence-corrected chi connectivity index (χ3v) is 13.1. The molecule has 3 heterocycles. The molecule has 0 saturated carbocycles. The van der Waals surface area contributed by atoms with Crippen molar-refractivity contribution in [1.82, 2.24) is 0 Å². The minimum absolute atomic E-state index is 0.0520. The van der Waals surface area contributed by atoms with Crippen LogP contribution < -0.4 is 15.2 Å². The zero-order chi connectivity index (χ0) is 30.5. The van der Waals surface area contributed by atoms with Crippen LogP contribution in [0.4, 0.5) is 23.2 Å². The first-order valence-corrected chi connectivity index (χ1v) is 18.4. The van der Waals surface area contributed by atoms with Crippen molar-refractivity contribution in [2.45, 2.75) is 64.5 Å². The SMILES string of the molecule is C[Si]1(C)C2=CC(=[N+]3CCCCCC3)C=CC2=C(c2c(F)c(F)c(F)c(F)c2C(=O)[O-])c2ccc(N3CCCCCC3)cc21. The van der Waals surface area contributed by atoms with Gasteiger partial charge in [-0.25, -0.2) is 22.1 Å². The van der Waals surface area contributed by atoms with E-state index in [2.05, 4.69) is 34.7 Å². The molecule has 2 saturated heterocycles. The summed E-state index contributed by atoms with van der Waals surface area (Å²) < 4.78 is 62.4. The van der Waals surface area contributed by atoms with Crippen LogP contribution in [0, 0.1) is 23.3 Å². The molecule has 0 amide bonds. The van der Waals surface area contributed by atoms with E-state index in [4.69, 9.17) is 0 Å². The van der Waals surface area contributed by atoms with Crippen LogP contribution in [-0.4, -0.2) is 50.5 Å². The van der Waals surface area contributed by atoms with Gasteiger partial charge in [-0.05, 0) is 71.0 Å². The Kier molecular flexibility index (Phi) is 7.96. The Balaban J connectivity index is 1.66. The fourth-order valence-corrected chi connectivity index (χ4v) is 10.3. The predicted molar refractivity (Wildman–Crippen MR) is 162 cm³/mol. The van der Waals surface area contributed by atoms with Crippen molar-refractivity contribution >= 4 is 36.2 Å². The van der Waals surface area contributed by atoms with Gasteiger partial charge >= 0.3 is 0 Å². The normalized spacial score (nSPS) is 20.3. The van der Waals surface area contributed by atoms with Gasteiger partial charge in [-0.15, -0.1) is 0 Å². The lowest BCUT2D eigenvalue weighted by Crippen LogP contribution is -2.50. The summed E-state index contributed by atoms with van der Waals surface area (Å²) in [4.78, 5) is 14.6. The smallest absolute Gasteiger partial charge is 0.199 e. The highest BCUT2D eigenvalue weighted by Gasteiger charge is 2.43. The van der Waals surface area contributed by atoms with E-state index in [1.807, 2.05) is 24.3 Å². The number of allylic oxidation sites excluding steroid dienone is 5. The number of anilines is 1. The van der Waals surface area contributed by atoms with E-state index >= 15 is 8.78 Å². The summed E-state index contributed by atoms with van der Waals surface area (Å²) in [5.41, 5.74) is 0.992. The maximum absolute atomic E-state index is 15.8. The highest BCUT2D eigenvalue weighted by atomic mass is 28.3. The summed E-state index contributed by atoms with van der Waals surface area (Å²) in [5, 5.41) is 14.0. The van der Waals surface area contributed by atoms with E-state index in [-0.39, 0.29) is 5.57 Å². The summed E-state index contributed by atoms with van der Waals surface area (Å²) in [5.74, 6) is -10.0. The van der Waals surface area contributed by atoms with Crippen molar-refractivity contribution in [3.63, 3.8) is 0 Å². The number of carbonyl (C=O) groups is 1. The van der Waals surface area contributed by atoms with Crippen LogP contribution in [0.3, 0.4) is 0 Å². The standard InChI is InChI=1S/C34H36F4N2O2Si/c1-43(2)25-19-21(39-15-7-3-4-8-16-39)11-13-23(25)27(28-29(34(41)42)31(36)33(38)32(37)30(28)35)24-14-12-22(20-26(24)43)40-17-9-5-6-10-18-40/h11-14,19-20H,3-10,15-18H2,1-2H3. The van der Waals surface area contributed by atoms with Gasteiger partial charge in [0.05, 0.1) is 5.97 Å². The number of carbonyl (C=O) groups excluding carboxylic acids is 1. The fraction of sp³-hybridized carbons (Fsp3) is 0.412. The zero-order valence-corrected chi connectivity index (χ0v) is 25.7. The lowest BCUT2D eigenvalue weighted by atomic mass is 9.86. The molecule has 0 aromatic heterocycles. The molecule has 3 aliphatic heterocycles. The van der Waals surface area contributed by atoms with E-state index in [1.165, 1.54) is 25.7 Å². The molecule has 2 aromatic carbocycles. The highest BCUT2D eigenvalue weighted by molar-refractivity contribution is 6.98. The van der Waals surface area contributed by atoms with Crippen LogP contribution in [-0.2, 0) is 0 Å². The van der Waals surface area contributed by atoms with E-state index in [9.17, 15) is 18.7 Å². The molecular weight excluding hydrogens is 572 g/mol. The lowest BCUT2D eigenvalue weighted by molar-refractivity contribution is -0.524. The minimum Gasteiger partial charge on any atom is -0.545 e. The molecule has 2 fully saturated rings. The van der Waals surface area contributed by atoms with Crippen molar-refractivity contribution in [2.24, 2.45) is 0 Å². The predicted octanol–water partition coefficient (Wildman–Crippen LogP) is 5.78. The minimum atomic E-state index is -2.54. The molecule has 43 heavy (non-hydrogen) atoms. The summed E-state index contributed by atoms with van der Waals surface area (Å²) in [6.07, 6.45) is 14.8. The molecule has 226 valence electrons. The molecule has 1 aliphatic carbocycles. The Hall–Kier alpha value is -3.46. The lowest BCUT2D eigenvalue weighted by Gasteiger charge is -2.39. The van der Waals surface area contributed by atoms with Crippen LogP contribution in [0.1, 0.15) is 72.9 Å². The van der Waals surface area contributed by atoms with Gasteiger partial charge in [-0.3, -0.25) is 0 Å². The van der Waals surface area contributed by atoms with Gasteiger partial charge in [-0.1, -0.05) is 32.0 Å². The van der Waals surface area contributed by atoms with Gasteiger partial charge < -0.3 is 14.8 Å². The average Bonchev–Trinajstić information content (AvgIpc) is 3.44. The van der Waals surface area contributed by atoms with Crippen molar-refractivity contribution < 1.29 is 32.0 Å². The second kappa shape index (κ2) is 11.6. The average molecular weight is 609 g/mol. The van der Waals surface area contributed by atoms with E-state index < -0.39 is 48.4 Å². The van der Waals surface area contributed by atoms with E-state index in [0.29, 0.717) is 11.1 Å². The van der Waals surface area contributed by atoms with Crippen LogP contribution >= 0.6 is 0 Å². The molecule has 4 nitrogen and oxygen atoms in total. The van der Waals surface area contributed by atoms with Gasteiger partial charge in [0.25, 0.3) is 0 Å². The number of carboxylic acid groups (broad SMARTS) is 1. The molecule has 6 rings (SSSR count). The van der Waals surface area contributed by atoms with Crippen LogP contribution in [0.25, 0.3) is 5.57 Å². The number of rotatable bonds is 3. The van der Waals surface area contributed by atoms with Crippen LogP contribution in [0.15, 0.2) is 47.2 Å². The summed E-state index contributed by atoms with van der Waals surface area (Å²) >= 11 is 0. The van der Waals surface area contributed by atoms with Gasteiger partial charge in [0.15, 0.2) is 29.0 Å². The summed E-state index contributed by atoms with van der Waals surface area (Å²) in [7, 11) is -2.54. The van der Waals surface area contributed by atoms with Crippen LogP contribution in [0.2, 0.25) is 13.1 Å². The second-order valence-electron chi connectivity index (χ2n) is 12.6. The number of halogens is 4. The third kappa shape index (κ3) is 5.09. The Morgan fingerprint density at radius 3 is 2.12 bits per heavy atom. The third-order valence-electron chi connectivity index (χ3n) is 9.56. The van der Waals surface area contributed by atoms with E-state index in [1.54, 1.807) is 0 Å². The Morgan fingerprint density at radius 1 is 0.837 bits per heavy atom. The van der Waals surface area contributed by atoms with E-state index in [0.717, 1.165) is 73.6 Å². The first kappa shape index (κ1) is 29.6.